The molecule has 1 amide bonds. The van der Waals surface area contributed by atoms with Crippen molar-refractivity contribution in [3.63, 3.8) is 0 Å². The number of hydrogen-bond acceptors (Lipinski definition) is 4. The molecule has 100 valence electrons. The van der Waals surface area contributed by atoms with E-state index in [2.05, 4.69) is 21.2 Å². The molecule has 1 heterocycles. The van der Waals surface area contributed by atoms with Crippen LogP contribution in [-0.2, 0) is 6.61 Å². The summed E-state index contributed by atoms with van der Waals surface area (Å²) in [4.78, 5) is 12.0. The second-order valence-corrected chi connectivity index (χ2v) is 6.07. The molecule has 1 aromatic carbocycles. The van der Waals surface area contributed by atoms with E-state index < -0.39 is 0 Å². The summed E-state index contributed by atoms with van der Waals surface area (Å²) in [6, 6.07) is 6.90. The number of methoxy groups -OCH3 is 1. The van der Waals surface area contributed by atoms with E-state index >= 15 is 0 Å². The second kappa shape index (κ2) is 6.18. The van der Waals surface area contributed by atoms with Crippen LogP contribution >= 0.6 is 27.3 Å². The fourth-order valence-electron chi connectivity index (χ4n) is 1.61. The van der Waals surface area contributed by atoms with Crippen LogP contribution in [-0.4, -0.2) is 18.1 Å². The first-order valence-corrected chi connectivity index (χ1v) is 7.14. The van der Waals surface area contributed by atoms with Crippen LogP contribution in [0, 0.1) is 0 Å². The first-order chi connectivity index (χ1) is 9.13. The van der Waals surface area contributed by atoms with Gasteiger partial charge < -0.3 is 15.2 Å². The predicted molar refractivity (Wildman–Crippen MR) is 78.9 cm³/mol. The van der Waals surface area contributed by atoms with Crippen LogP contribution in [0.5, 0.6) is 5.75 Å². The summed E-state index contributed by atoms with van der Waals surface area (Å²) in [6.45, 7) is -0.142. The van der Waals surface area contributed by atoms with E-state index in [1.165, 1.54) is 18.4 Å². The molecule has 0 fully saturated rings. The van der Waals surface area contributed by atoms with E-state index in [0.29, 0.717) is 22.6 Å². The van der Waals surface area contributed by atoms with Gasteiger partial charge in [-0.05, 0) is 40.2 Å². The van der Waals surface area contributed by atoms with Gasteiger partial charge >= 0.3 is 0 Å². The summed E-state index contributed by atoms with van der Waals surface area (Å²) in [6.07, 6.45) is 0. The van der Waals surface area contributed by atoms with Crippen LogP contribution in [0.3, 0.4) is 0 Å². The topological polar surface area (TPSA) is 58.6 Å². The highest BCUT2D eigenvalue weighted by Gasteiger charge is 2.10. The quantitative estimate of drug-likeness (QED) is 0.897. The van der Waals surface area contributed by atoms with Crippen LogP contribution in [0.2, 0.25) is 0 Å². The molecule has 1 aromatic heterocycles. The Balaban J connectivity index is 2.17. The number of carbonyl (C=O) groups excluding carboxylic acids is 1. The number of rotatable bonds is 4. The monoisotopic (exact) mass is 341 g/mol. The molecule has 0 bridgehead atoms. The number of aliphatic hydroxyl groups excluding tert-OH is 1. The van der Waals surface area contributed by atoms with Crippen LogP contribution in [0.25, 0.3) is 0 Å². The number of halogens is 1. The Morgan fingerprint density at radius 1 is 1.47 bits per heavy atom. The number of hydrogen-bond donors (Lipinski definition) is 2. The number of carbonyl (C=O) groups is 1. The summed E-state index contributed by atoms with van der Waals surface area (Å²) in [5.41, 5.74) is 1.85. The Hall–Kier alpha value is -1.37. The average molecular weight is 342 g/mol. The van der Waals surface area contributed by atoms with Gasteiger partial charge in [0.1, 0.15) is 5.75 Å². The lowest BCUT2D eigenvalue weighted by Gasteiger charge is -2.09. The van der Waals surface area contributed by atoms with Crippen molar-refractivity contribution >= 4 is 38.9 Å². The lowest BCUT2D eigenvalue weighted by atomic mass is 10.2. The highest BCUT2D eigenvalue weighted by molar-refractivity contribution is 9.11. The number of amides is 1. The SMILES string of the molecule is COc1ccc(NC(=O)c2csc(Br)c2)cc1CO. The molecule has 4 nitrogen and oxygen atoms in total. The third-order valence-electron chi connectivity index (χ3n) is 2.54. The Bertz CT molecular complexity index is 597. The molecule has 0 aliphatic carbocycles. The van der Waals surface area contributed by atoms with Gasteiger partial charge in [-0.1, -0.05) is 0 Å². The second-order valence-electron chi connectivity index (χ2n) is 3.78. The molecule has 0 aliphatic heterocycles. The normalized spacial score (nSPS) is 10.3. The van der Waals surface area contributed by atoms with Crippen LogP contribution < -0.4 is 10.1 Å². The van der Waals surface area contributed by atoms with E-state index in [9.17, 15) is 9.90 Å². The number of anilines is 1. The standard InChI is InChI=1S/C13H12BrNO3S/c1-18-11-3-2-10(4-8(11)6-16)15-13(17)9-5-12(14)19-7-9/h2-5,7,16H,6H2,1H3,(H,15,17). The van der Waals surface area contributed by atoms with E-state index in [1.54, 1.807) is 29.6 Å². The molecule has 0 unspecified atom stereocenters. The Morgan fingerprint density at radius 3 is 2.84 bits per heavy atom. The Morgan fingerprint density at radius 2 is 2.26 bits per heavy atom. The highest BCUT2D eigenvalue weighted by Crippen LogP contribution is 2.24. The van der Waals surface area contributed by atoms with Crippen molar-refractivity contribution < 1.29 is 14.6 Å². The van der Waals surface area contributed by atoms with E-state index in [1.807, 2.05) is 0 Å². The third kappa shape index (κ3) is 3.34. The maximum atomic E-state index is 12.0. The van der Waals surface area contributed by atoms with Crippen molar-refractivity contribution in [2.75, 3.05) is 12.4 Å². The lowest BCUT2D eigenvalue weighted by molar-refractivity contribution is 0.102. The average Bonchev–Trinajstić information content (AvgIpc) is 2.85. The summed E-state index contributed by atoms with van der Waals surface area (Å²) >= 11 is 4.77. The number of benzene rings is 1. The number of aliphatic hydroxyl groups is 1. The van der Waals surface area contributed by atoms with E-state index in [0.717, 1.165) is 3.79 Å². The third-order valence-corrected chi connectivity index (χ3v) is 4.04. The van der Waals surface area contributed by atoms with Crippen molar-refractivity contribution in [1.82, 2.24) is 0 Å². The first-order valence-electron chi connectivity index (χ1n) is 5.47. The van der Waals surface area contributed by atoms with Gasteiger partial charge in [0.15, 0.2) is 0 Å². The van der Waals surface area contributed by atoms with Gasteiger partial charge in [-0.3, -0.25) is 4.79 Å². The molecule has 2 rings (SSSR count). The summed E-state index contributed by atoms with van der Waals surface area (Å²) in [7, 11) is 1.54. The molecule has 19 heavy (non-hydrogen) atoms. The van der Waals surface area contributed by atoms with E-state index in [-0.39, 0.29) is 12.5 Å². The van der Waals surface area contributed by atoms with Crippen LogP contribution in [0.15, 0.2) is 33.4 Å². The minimum Gasteiger partial charge on any atom is -0.496 e. The molecule has 0 saturated heterocycles. The zero-order chi connectivity index (χ0) is 13.8. The minimum atomic E-state index is -0.184. The van der Waals surface area contributed by atoms with Crippen molar-refractivity contribution in [1.29, 1.82) is 0 Å². The summed E-state index contributed by atoms with van der Waals surface area (Å²) in [5, 5.41) is 13.8. The predicted octanol–water partition coefficient (Wildman–Crippen LogP) is 3.26. The molecule has 0 spiro atoms. The Labute approximate surface area is 123 Å². The fourth-order valence-corrected chi connectivity index (χ4v) is 2.75. The maximum Gasteiger partial charge on any atom is 0.256 e. The van der Waals surface area contributed by atoms with Crippen molar-refractivity contribution in [2.45, 2.75) is 6.61 Å². The van der Waals surface area contributed by atoms with Crippen molar-refractivity contribution in [3.05, 3.63) is 44.6 Å². The van der Waals surface area contributed by atoms with Gasteiger partial charge in [-0.15, -0.1) is 11.3 Å². The van der Waals surface area contributed by atoms with Crippen molar-refractivity contribution in [3.8, 4) is 5.75 Å². The van der Waals surface area contributed by atoms with Gasteiger partial charge in [0.05, 0.1) is 23.1 Å². The number of nitrogens with one attached hydrogen (secondary N) is 1. The molecule has 0 aliphatic rings. The zero-order valence-corrected chi connectivity index (χ0v) is 12.5. The van der Waals surface area contributed by atoms with Crippen LogP contribution in [0.4, 0.5) is 5.69 Å². The lowest BCUT2D eigenvalue weighted by Crippen LogP contribution is -2.11. The largest absolute Gasteiger partial charge is 0.496 e. The molecular weight excluding hydrogens is 330 g/mol. The van der Waals surface area contributed by atoms with Gasteiger partial charge in [0.2, 0.25) is 0 Å². The number of thiophene rings is 1. The van der Waals surface area contributed by atoms with Crippen LogP contribution in [0.1, 0.15) is 15.9 Å². The summed E-state index contributed by atoms with van der Waals surface area (Å²) < 4.78 is 6.01. The van der Waals surface area contributed by atoms with Gasteiger partial charge in [0, 0.05) is 16.6 Å². The van der Waals surface area contributed by atoms with Gasteiger partial charge in [-0.2, -0.15) is 0 Å². The molecule has 0 saturated carbocycles. The maximum absolute atomic E-state index is 12.0. The smallest absolute Gasteiger partial charge is 0.256 e. The Kier molecular flexibility index (Phi) is 4.57. The molecule has 6 heteroatoms. The van der Waals surface area contributed by atoms with Gasteiger partial charge in [0.25, 0.3) is 5.91 Å². The molecular formula is C13H12BrNO3S. The van der Waals surface area contributed by atoms with Crippen molar-refractivity contribution in [2.24, 2.45) is 0 Å². The molecule has 0 atom stereocenters. The van der Waals surface area contributed by atoms with Gasteiger partial charge in [-0.25, -0.2) is 0 Å². The van der Waals surface area contributed by atoms with E-state index in [4.69, 9.17) is 4.74 Å². The fraction of sp³-hybridized carbons (Fsp3) is 0.154. The molecule has 0 radical (unpaired) electrons. The number of ether oxygens (including phenoxy) is 1. The molecule has 2 N–H and O–H groups in total. The first kappa shape index (κ1) is 14.0. The summed E-state index contributed by atoms with van der Waals surface area (Å²) in [5.74, 6) is 0.412. The molecule has 2 aromatic rings. The zero-order valence-electron chi connectivity index (χ0n) is 10.1. The highest BCUT2D eigenvalue weighted by atomic mass is 79.9. The minimum absolute atomic E-state index is 0.142.